The molecular formula is C11H19NO. The van der Waals surface area contributed by atoms with E-state index in [1.165, 1.54) is 25.7 Å². The second-order valence-electron chi connectivity index (χ2n) is 4.43. The van der Waals surface area contributed by atoms with Crippen molar-refractivity contribution in [1.29, 1.82) is 0 Å². The van der Waals surface area contributed by atoms with E-state index in [9.17, 15) is 4.79 Å². The van der Waals surface area contributed by atoms with Crippen LogP contribution in [0.3, 0.4) is 0 Å². The lowest BCUT2D eigenvalue weighted by atomic mass is 9.93. The highest BCUT2D eigenvalue weighted by Gasteiger charge is 2.34. The number of nitrogens with zero attached hydrogens (tertiary/aromatic N) is 1. The molecule has 2 rings (SSSR count). The Labute approximate surface area is 80.3 Å². The fourth-order valence-electron chi connectivity index (χ4n) is 2.41. The summed E-state index contributed by atoms with van der Waals surface area (Å²) in [6.45, 7) is 4.02. The fourth-order valence-corrected chi connectivity index (χ4v) is 2.41. The predicted molar refractivity (Wildman–Crippen MR) is 52.3 cm³/mol. The van der Waals surface area contributed by atoms with Crippen molar-refractivity contribution in [3.63, 3.8) is 0 Å². The largest absolute Gasteiger partial charge is 0.342 e. The van der Waals surface area contributed by atoms with Gasteiger partial charge in [-0.05, 0) is 37.5 Å². The van der Waals surface area contributed by atoms with Crippen molar-refractivity contribution in [3.05, 3.63) is 0 Å². The molecule has 0 spiro atoms. The molecule has 2 aliphatic rings. The zero-order valence-electron chi connectivity index (χ0n) is 8.46. The molecule has 0 radical (unpaired) electrons. The number of piperidine rings is 1. The van der Waals surface area contributed by atoms with E-state index in [-0.39, 0.29) is 0 Å². The third-order valence-corrected chi connectivity index (χ3v) is 3.40. The molecule has 2 nitrogen and oxygen atoms in total. The maximum atomic E-state index is 11.5. The standard InChI is InChI=1S/C11H19NO/c1-2-11(13)12-7-3-4-10(8-12)9-5-6-9/h9-10H,2-8H2,1H3. The summed E-state index contributed by atoms with van der Waals surface area (Å²) >= 11 is 0. The monoisotopic (exact) mass is 181 g/mol. The van der Waals surface area contributed by atoms with Gasteiger partial charge in [-0.25, -0.2) is 0 Å². The molecule has 13 heavy (non-hydrogen) atoms. The van der Waals surface area contributed by atoms with Crippen LogP contribution >= 0.6 is 0 Å². The van der Waals surface area contributed by atoms with Crippen molar-refractivity contribution in [3.8, 4) is 0 Å². The Hall–Kier alpha value is -0.530. The van der Waals surface area contributed by atoms with E-state index in [0.29, 0.717) is 12.3 Å². The minimum Gasteiger partial charge on any atom is -0.342 e. The number of carbonyl (C=O) groups excluding carboxylic acids is 1. The molecule has 1 heterocycles. The maximum absolute atomic E-state index is 11.5. The molecule has 74 valence electrons. The van der Waals surface area contributed by atoms with Crippen molar-refractivity contribution < 1.29 is 4.79 Å². The van der Waals surface area contributed by atoms with Crippen molar-refractivity contribution in [2.75, 3.05) is 13.1 Å². The van der Waals surface area contributed by atoms with Crippen LogP contribution in [0.2, 0.25) is 0 Å². The van der Waals surface area contributed by atoms with Crippen LogP contribution in [0.5, 0.6) is 0 Å². The average Bonchev–Trinajstić information content (AvgIpc) is 3.00. The maximum Gasteiger partial charge on any atom is 0.222 e. The van der Waals surface area contributed by atoms with E-state index in [1.807, 2.05) is 6.92 Å². The van der Waals surface area contributed by atoms with Crippen LogP contribution < -0.4 is 0 Å². The summed E-state index contributed by atoms with van der Waals surface area (Å²) in [6, 6.07) is 0. The van der Waals surface area contributed by atoms with Gasteiger partial charge in [0.15, 0.2) is 0 Å². The molecule has 0 N–H and O–H groups in total. The average molecular weight is 181 g/mol. The number of amides is 1. The Kier molecular flexibility index (Phi) is 2.56. The first-order valence-electron chi connectivity index (χ1n) is 5.59. The molecule has 1 saturated heterocycles. The number of hydrogen-bond donors (Lipinski definition) is 0. The number of hydrogen-bond acceptors (Lipinski definition) is 1. The van der Waals surface area contributed by atoms with Gasteiger partial charge < -0.3 is 4.90 Å². The summed E-state index contributed by atoms with van der Waals surface area (Å²) in [4.78, 5) is 13.6. The van der Waals surface area contributed by atoms with Crippen LogP contribution in [0, 0.1) is 11.8 Å². The van der Waals surface area contributed by atoms with Crippen molar-refractivity contribution in [1.82, 2.24) is 4.90 Å². The molecule has 2 heteroatoms. The summed E-state index contributed by atoms with van der Waals surface area (Å²) < 4.78 is 0. The quantitative estimate of drug-likeness (QED) is 0.638. The first-order chi connectivity index (χ1) is 6.31. The highest BCUT2D eigenvalue weighted by molar-refractivity contribution is 5.75. The molecule has 1 atom stereocenters. The van der Waals surface area contributed by atoms with Gasteiger partial charge in [0.05, 0.1) is 0 Å². The third kappa shape index (κ3) is 2.04. The fraction of sp³-hybridized carbons (Fsp3) is 0.909. The molecule has 2 fully saturated rings. The van der Waals surface area contributed by atoms with Crippen LogP contribution in [0.15, 0.2) is 0 Å². The molecule has 1 aliphatic heterocycles. The number of rotatable bonds is 2. The van der Waals surface area contributed by atoms with Gasteiger partial charge in [-0.3, -0.25) is 4.79 Å². The second-order valence-corrected chi connectivity index (χ2v) is 4.43. The number of likely N-dealkylation sites (tertiary alicyclic amines) is 1. The highest BCUT2D eigenvalue weighted by Crippen LogP contribution is 2.40. The smallest absolute Gasteiger partial charge is 0.222 e. The zero-order valence-corrected chi connectivity index (χ0v) is 8.46. The first-order valence-corrected chi connectivity index (χ1v) is 5.59. The van der Waals surface area contributed by atoms with E-state index in [2.05, 4.69) is 4.90 Å². The second kappa shape index (κ2) is 3.69. The Morgan fingerprint density at radius 2 is 2.08 bits per heavy atom. The van der Waals surface area contributed by atoms with Gasteiger partial charge in [0.25, 0.3) is 0 Å². The van der Waals surface area contributed by atoms with Gasteiger partial charge in [0.1, 0.15) is 0 Å². The predicted octanol–water partition coefficient (Wildman–Crippen LogP) is 2.04. The molecule has 0 aromatic carbocycles. The normalized spacial score (nSPS) is 29.0. The lowest BCUT2D eigenvalue weighted by molar-refractivity contribution is -0.132. The van der Waals surface area contributed by atoms with Crippen LogP contribution in [0.4, 0.5) is 0 Å². The summed E-state index contributed by atoms with van der Waals surface area (Å²) in [5.74, 6) is 2.15. The lowest BCUT2D eigenvalue weighted by Crippen LogP contribution is -2.40. The third-order valence-electron chi connectivity index (χ3n) is 3.40. The summed E-state index contributed by atoms with van der Waals surface area (Å²) in [6.07, 6.45) is 6.10. The van der Waals surface area contributed by atoms with Crippen molar-refractivity contribution >= 4 is 5.91 Å². The Balaban J connectivity index is 1.87. The summed E-state index contributed by atoms with van der Waals surface area (Å²) in [5.41, 5.74) is 0. The van der Waals surface area contributed by atoms with Gasteiger partial charge >= 0.3 is 0 Å². The Morgan fingerprint density at radius 3 is 2.69 bits per heavy atom. The SMILES string of the molecule is CCC(=O)N1CCCC(C2CC2)C1. The van der Waals surface area contributed by atoms with Gasteiger partial charge in [0.2, 0.25) is 5.91 Å². The van der Waals surface area contributed by atoms with Crippen LogP contribution in [0.1, 0.15) is 39.0 Å². The van der Waals surface area contributed by atoms with Gasteiger partial charge in [-0.15, -0.1) is 0 Å². The van der Waals surface area contributed by atoms with E-state index in [0.717, 1.165) is 24.9 Å². The Bertz CT molecular complexity index is 198. The van der Waals surface area contributed by atoms with Crippen LogP contribution in [-0.2, 0) is 4.79 Å². The van der Waals surface area contributed by atoms with E-state index >= 15 is 0 Å². The molecule has 0 aromatic heterocycles. The van der Waals surface area contributed by atoms with E-state index < -0.39 is 0 Å². The molecular weight excluding hydrogens is 162 g/mol. The molecule has 1 saturated carbocycles. The number of carbonyl (C=O) groups is 1. The highest BCUT2D eigenvalue weighted by atomic mass is 16.2. The molecule has 0 bridgehead atoms. The summed E-state index contributed by atoms with van der Waals surface area (Å²) in [7, 11) is 0. The molecule has 1 aliphatic carbocycles. The van der Waals surface area contributed by atoms with E-state index in [1.54, 1.807) is 0 Å². The van der Waals surface area contributed by atoms with Crippen LogP contribution in [-0.4, -0.2) is 23.9 Å². The lowest BCUT2D eigenvalue weighted by Gasteiger charge is -2.32. The van der Waals surface area contributed by atoms with E-state index in [4.69, 9.17) is 0 Å². The molecule has 1 amide bonds. The molecule has 1 unspecified atom stereocenters. The topological polar surface area (TPSA) is 20.3 Å². The minimum atomic E-state index is 0.352. The van der Waals surface area contributed by atoms with Crippen molar-refractivity contribution in [2.24, 2.45) is 11.8 Å². The Morgan fingerprint density at radius 1 is 1.31 bits per heavy atom. The summed E-state index contributed by atoms with van der Waals surface area (Å²) in [5, 5.41) is 0. The van der Waals surface area contributed by atoms with Gasteiger partial charge in [-0.1, -0.05) is 6.92 Å². The first kappa shape index (κ1) is 9.04. The van der Waals surface area contributed by atoms with Gasteiger partial charge in [-0.2, -0.15) is 0 Å². The van der Waals surface area contributed by atoms with Crippen LogP contribution in [0.25, 0.3) is 0 Å². The van der Waals surface area contributed by atoms with Crippen molar-refractivity contribution in [2.45, 2.75) is 39.0 Å². The molecule has 0 aromatic rings. The minimum absolute atomic E-state index is 0.352. The van der Waals surface area contributed by atoms with Gasteiger partial charge in [0, 0.05) is 19.5 Å². The zero-order chi connectivity index (χ0) is 9.26.